The highest BCUT2D eigenvalue weighted by molar-refractivity contribution is 7.13. The van der Waals surface area contributed by atoms with Crippen molar-refractivity contribution in [1.29, 1.82) is 0 Å². The molecule has 0 saturated carbocycles. The lowest BCUT2D eigenvalue weighted by atomic mass is 10.2. The highest BCUT2D eigenvalue weighted by atomic mass is 32.1. The first-order valence-electron chi connectivity index (χ1n) is 8.50. The summed E-state index contributed by atoms with van der Waals surface area (Å²) >= 11 is 1.51. The van der Waals surface area contributed by atoms with Crippen LogP contribution in [0.25, 0.3) is 21.6 Å². The van der Waals surface area contributed by atoms with E-state index in [0.29, 0.717) is 17.2 Å². The maximum absolute atomic E-state index is 12.2. The predicted octanol–water partition coefficient (Wildman–Crippen LogP) is 2.74. The average Bonchev–Trinajstić information content (AvgIpc) is 3.41. The lowest BCUT2D eigenvalue weighted by Gasteiger charge is -2.07. The molecule has 0 atom stereocenters. The normalized spacial score (nSPS) is 10.7. The molecule has 0 unspecified atom stereocenters. The SMILES string of the molecule is O=C(CCc1nc(-c2cccs2)no1)NNC(=O)c1ccc2ccccc2n1. The van der Waals surface area contributed by atoms with Crippen molar-refractivity contribution in [3.8, 4) is 10.7 Å². The molecule has 0 radical (unpaired) electrons. The highest BCUT2D eigenvalue weighted by Crippen LogP contribution is 2.21. The fraction of sp³-hybridized carbons (Fsp3) is 0.105. The van der Waals surface area contributed by atoms with Crippen molar-refractivity contribution in [1.82, 2.24) is 26.0 Å². The van der Waals surface area contributed by atoms with Gasteiger partial charge in [0.05, 0.1) is 10.4 Å². The van der Waals surface area contributed by atoms with Crippen molar-refractivity contribution in [3.05, 3.63) is 65.5 Å². The second kappa shape index (κ2) is 7.97. The van der Waals surface area contributed by atoms with E-state index in [1.807, 2.05) is 41.8 Å². The first-order valence-corrected chi connectivity index (χ1v) is 9.38. The third kappa shape index (κ3) is 4.04. The van der Waals surface area contributed by atoms with E-state index in [4.69, 9.17) is 4.52 Å². The number of aromatic nitrogens is 3. The molecule has 4 aromatic rings. The van der Waals surface area contributed by atoms with Crippen LogP contribution in [0.4, 0.5) is 0 Å². The summed E-state index contributed by atoms with van der Waals surface area (Å²) in [5.74, 6) is 0.00375. The fourth-order valence-corrected chi connectivity index (χ4v) is 3.18. The summed E-state index contributed by atoms with van der Waals surface area (Å²) in [6, 6.07) is 14.7. The summed E-state index contributed by atoms with van der Waals surface area (Å²) in [4.78, 5) is 33.6. The van der Waals surface area contributed by atoms with Gasteiger partial charge < -0.3 is 4.52 Å². The molecule has 28 heavy (non-hydrogen) atoms. The molecule has 2 amide bonds. The topological polar surface area (TPSA) is 110 Å². The standard InChI is InChI=1S/C19H15N5O3S/c25-16(9-10-17-21-18(24-27-17)15-6-3-11-28-15)22-23-19(26)14-8-7-12-4-1-2-5-13(12)20-14/h1-8,11H,9-10H2,(H,22,25)(H,23,26). The van der Waals surface area contributed by atoms with Crippen LogP contribution in [0.1, 0.15) is 22.8 Å². The van der Waals surface area contributed by atoms with Gasteiger partial charge in [0.2, 0.25) is 17.6 Å². The van der Waals surface area contributed by atoms with E-state index < -0.39 is 5.91 Å². The Balaban J connectivity index is 1.28. The van der Waals surface area contributed by atoms with Gasteiger partial charge >= 0.3 is 0 Å². The van der Waals surface area contributed by atoms with Crippen molar-refractivity contribution in [2.24, 2.45) is 0 Å². The summed E-state index contributed by atoms with van der Waals surface area (Å²) in [5.41, 5.74) is 5.66. The number of fused-ring (bicyclic) bond motifs is 1. The first-order chi connectivity index (χ1) is 13.7. The molecule has 8 nitrogen and oxygen atoms in total. The molecule has 3 aromatic heterocycles. The van der Waals surface area contributed by atoms with Crippen LogP contribution in [0.2, 0.25) is 0 Å². The van der Waals surface area contributed by atoms with Gasteiger partial charge in [0.15, 0.2) is 0 Å². The van der Waals surface area contributed by atoms with Crippen LogP contribution in [0.15, 0.2) is 58.4 Å². The third-order valence-electron chi connectivity index (χ3n) is 3.92. The van der Waals surface area contributed by atoms with Gasteiger partial charge in [-0.3, -0.25) is 20.4 Å². The van der Waals surface area contributed by atoms with E-state index in [0.717, 1.165) is 10.3 Å². The minimum atomic E-state index is -0.489. The number of rotatable bonds is 5. The predicted molar refractivity (Wildman–Crippen MR) is 103 cm³/mol. The zero-order valence-corrected chi connectivity index (χ0v) is 15.4. The summed E-state index contributed by atoms with van der Waals surface area (Å²) in [7, 11) is 0. The second-order valence-electron chi connectivity index (χ2n) is 5.88. The van der Waals surface area contributed by atoms with Crippen molar-refractivity contribution in [3.63, 3.8) is 0 Å². The number of aryl methyl sites for hydroxylation is 1. The van der Waals surface area contributed by atoms with Crippen molar-refractivity contribution in [2.45, 2.75) is 12.8 Å². The number of hydrogen-bond donors (Lipinski definition) is 2. The molecular formula is C19H15N5O3S. The molecule has 3 heterocycles. The largest absolute Gasteiger partial charge is 0.339 e. The summed E-state index contributed by atoms with van der Waals surface area (Å²) < 4.78 is 5.14. The maximum atomic E-state index is 12.2. The Labute approximate surface area is 163 Å². The van der Waals surface area contributed by atoms with E-state index in [2.05, 4.69) is 26.0 Å². The van der Waals surface area contributed by atoms with Crippen LogP contribution in [-0.2, 0) is 11.2 Å². The number of pyridine rings is 1. The Morgan fingerprint density at radius 1 is 1.00 bits per heavy atom. The van der Waals surface area contributed by atoms with Crippen molar-refractivity contribution in [2.75, 3.05) is 0 Å². The smallest absolute Gasteiger partial charge is 0.288 e. The molecule has 0 aliphatic rings. The molecule has 0 aliphatic carbocycles. The molecule has 9 heteroatoms. The molecule has 0 spiro atoms. The van der Waals surface area contributed by atoms with Gasteiger partial charge in [0, 0.05) is 18.2 Å². The first kappa shape index (κ1) is 17.8. The monoisotopic (exact) mass is 393 g/mol. The van der Waals surface area contributed by atoms with Crippen molar-refractivity contribution >= 4 is 34.1 Å². The minimum Gasteiger partial charge on any atom is -0.339 e. The number of hydrogen-bond acceptors (Lipinski definition) is 7. The Morgan fingerprint density at radius 3 is 2.75 bits per heavy atom. The maximum Gasteiger partial charge on any atom is 0.288 e. The number of nitrogens with one attached hydrogen (secondary N) is 2. The lowest BCUT2D eigenvalue weighted by Crippen LogP contribution is -2.42. The van der Waals surface area contributed by atoms with E-state index in [9.17, 15) is 9.59 Å². The van der Waals surface area contributed by atoms with E-state index in [1.165, 1.54) is 11.3 Å². The quantitative estimate of drug-likeness (QED) is 0.505. The third-order valence-corrected chi connectivity index (χ3v) is 4.79. The molecule has 140 valence electrons. The number of amides is 2. The van der Waals surface area contributed by atoms with Gasteiger partial charge in [-0.15, -0.1) is 11.3 Å². The average molecular weight is 393 g/mol. The van der Waals surface area contributed by atoms with Gasteiger partial charge in [-0.05, 0) is 23.6 Å². The fourth-order valence-electron chi connectivity index (χ4n) is 2.53. The van der Waals surface area contributed by atoms with Crippen LogP contribution in [-0.4, -0.2) is 26.9 Å². The van der Waals surface area contributed by atoms with E-state index in [-0.39, 0.29) is 24.4 Å². The van der Waals surface area contributed by atoms with Crippen molar-refractivity contribution < 1.29 is 14.1 Å². The van der Waals surface area contributed by atoms with Crippen LogP contribution in [0.3, 0.4) is 0 Å². The minimum absolute atomic E-state index is 0.0947. The number of thiophene rings is 1. The zero-order valence-electron chi connectivity index (χ0n) is 14.6. The molecule has 2 N–H and O–H groups in total. The van der Waals surface area contributed by atoms with E-state index >= 15 is 0 Å². The number of benzene rings is 1. The number of carbonyl (C=O) groups is 2. The molecule has 0 fully saturated rings. The number of para-hydroxylation sites is 1. The summed E-state index contributed by atoms with van der Waals surface area (Å²) in [6.45, 7) is 0. The number of carbonyl (C=O) groups excluding carboxylic acids is 2. The number of hydrazine groups is 1. The molecular weight excluding hydrogens is 378 g/mol. The Kier molecular flexibility index (Phi) is 5.07. The molecule has 4 rings (SSSR count). The summed E-state index contributed by atoms with van der Waals surface area (Å²) in [6.07, 6.45) is 0.367. The molecule has 0 aliphatic heterocycles. The van der Waals surface area contributed by atoms with Gasteiger partial charge in [-0.2, -0.15) is 4.98 Å². The van der Waals surface area contributed by atoms with Gasteiger partial charge in [0.1, 0.15) is 5.69 Å². The van der Waals surface area contributed by atoms with Gasteiger partial charge in [0.25, 0.3) is 5.91 Å². The summed E-state index contributed by atoms with van der Waals surface area (Å²) in [5, 5.41) is 6.75. The molecule has 1 aromatic carbocycles. The van der Waals surface area contributed by atoms with Crippen LogP contribution < -0.4 is 10.9 Å². The van der Waals surface area contributed by atoms with E-state index in [1.54, 1.807) is 12.1 Å². The van der Waals surface area contributed by atoms with Crippen LogP contribution >= 0.6 is 11.3 Å². The zero-order chi connectivity index (χ0) is 19.3. The second-order valence-corrected chi connectivity index (χ2v) is 6.83. The van der Waals surface area contributed by atoms with Crippen LogP contribution in [0, 0.1) is 0 Å². The Bertz CT molecular complexity index is 1120. The van der Waals surface area contributed by atoms with Gasteiger partial charge in [-0.25, -0.2) is 4.98 Å². The lowest BCUT2D eigenvalue weighted by molar-refractivity contribution is -0.121. The molecule has 0 bridgehead atoms. The molecule has 0 saturated heterocycles. The highest BCUT2D eigenvalue weighted by Gasteiger charge is 2.13. The number of nitrogens with zero attached hydrogens (tertiary/aromatic N) is 3. The Hall–Kier alpha value is -3.59. The Morgan fingerprint density at radius 2 is 1.89 bits per heavy atom. The van der Waals surface area contributed by atoms with Crippen LogP contribution in [0.5, 0.6) is 0 Å². The van der Waals surface area contributed by atoms with Gasteiger partial charge in [-0.1, -0.05) is 35.5 Å².